The lowest BCUT2D eigenvalue weighted by Gasteiger charge is -2.10. The molecule has 17 heavy (non-hydrogen) atoms. The van der Waals surface area contributed by atoms with Gasteiger partial charge in [-0.3, -0.25) is 4.79 Å². The molecule has 0 unspecified atom stereocenters. The minimum Gasteiger partial charge on any atom is -0.396 e. The summed E-state index contributed by atoms with van der Waals surface area (Å²) in [7, 11) is 0. The highest BCUT2D eigenvalue weighted by Gasteiger charge is 2.31. The van der Waals surface area contributed by atoms with Crippen LogP contribution in [0.5, 0.6) is 0 Å². The summed E-state index contributed by atoms with van der Waals surface area (Å²) >= 11 is 0. The van der Waals surface area contributed by atoms with E-state index in [1.165, 1.54) is 0 Å². The molecular formula is C8H11F3N4O2. The van der Waals surface area contributed by atoms with Gasteiger partial charge in [0.1, 0.15) is 12.2 Å². The number of aromatic nitrogens is 2. The van der Waals surface area contributed by atoms with Gasteiger partial charge in [0.2, 0.25) is 0 Å². The number of rotatable bonds is 4. The van der Waals surface area contributed by atoms with Gasteiger partial charge in [-0.1, -0.05) is 0 Å². The maximum absolute atomic E-state index is 12.2. The van der Waals surface area contributed by atoms with Crippen molar-refractivity contribution in [3.05, 3.63) is 11.9 Å². The molecule has 6 nitrogen and oxygen atoms in total. The lowest BCUT2D eigenvalue weighted by atomic mass is 10.3. The summed E-state index contributed by atoms with van der Waals surface area (Å²) in [4.78, 5) is 11.5. The normalized spacial score (nSPS) is 11.5. The van der Waals surface area contributed by atoms with Crippen molar-refractivity contribution in [3.8, 4) is 0 Å². The summed E-state index contributed by atoms with van der Waals surface area (Å²) in [5, 5.41) is 14.1. The zero-order valence-electron chi connectivity index (χ0n) is 8.66. The van der Waals surface area contributed by atoms with E-state index in [2.05, 4.69) is 10.4 Å². The summed E-state index contributed by atoms with van der Waals surface area (Å²) in [6.45, 7) is -1.79. The van der Waals surface area contributed by atoms with Crippen LogP contribution in [0.3, 0.4) is 0 Å². The molecule has 1 aromatic rings. The smallest absolute Gasteiger partial charge is 0.396 e. The fourth-order valence-electron chi connectivity index (χ4n) is 1.19. The molecule has 0 bridgehead atoms. The Bertz CT molecular complexity index is 402. The second-order valence-electron chi connectivity index (χ2n) is 3.20. The van der Waals surface area contributed by atoms with Crippen LogP contribution < -0.4 is 11.1 Å². The number of halogens is 3. The van der Waals surface area contributed by atoms with E-state index in [0.29, 0.717) is 4.68 Å². The minimum absolute atomic E-state index is 0.0739. The first-order valence-electron chi connectivity index (χ1n) is 4.62. The summed E-state index contributed by atoms with van der Waals surface area (Å²) in [5.74, 6) is -0.807. The van der Waals surface area contributed by atoms with E-state index in [1.54, 1.807) is 0 Å². The molecule has 1 amide bonds. The Kier molecular flexibility index (Phi) is 3.94. The molecule has 0 aliphatic rings. The van der Waals surface area contributed by atoms with Crippen LogP contribution in [-0.4, -0.2) is 40.1 Å². The molecule has 0 aromatic carbocycles. The summed E-state index contributed by atoms with van der Waals surface area (Å²) in [5.41, 5.74) is 4.85. The van der Waals surface area contributed by atoms with E-state index in [0.717, 1.165) is 6.20 Å². The van der Waals surface area contributed by atoms with Crippen LogP contribution in [0.25, 0.3) is 0 Å². The first-order valence-corrected chi connectivity index (χ1v) is 4.62. The van der Waals surface area contributed by atoms with Gasteiger partial charge in [0.15, 0.2) is 0 Å². The lowest BCUT2D eigenvalue weighted by Crippen LogP contribution is -2.31. The summed E-state index contributed by atoms with van der Waals surface area (Å²) < 4.78 is 37.0. The van der Waals surface area contributed by atoms with Crippen LogP contribution in [-0.2, 0) is 6.54 Å². The van der Waals surface area contributed by atoms with E-state index in [1.807, 2.05) is 0 Å². The molecule has 0 spiro atoms. The molecule has 0 aliphatic carbocycles. The third kappa shape index (κ3) is 3.63. The molecule has 0 radical (unpaired) electrons. The number of anilines is 1. The Labute approximate surface area is 94.2 Å². The van der Waals surface area contributed by atoms with Crippen molar-refractivity contribution >= 4 is 11.6 Å². The average Bonchev–Trinajstić information content (AvgIpc) is 2.54. The number of alkyl halides is 3. The van der Waals surface area contributed by atoms with Crippen molar-refractivity contribution in [1.82, 2.24) is 15.1 Å². The number of nitrogen functional groups attached to an aromatic ring is 1. The van der Waals surface area contributed by atoms with Gasteiger partial charge in [-0.2, -0.15) is 18.3 Å². The minimum atomic E-state index is -4.50. The number of nitrogens with one attached hydrogen (secondary N) is 1. The Morgan fingerprint density at radius 2 is 2.24 bits per heavy atom. The van der Waals surface area contributed by atoms with Crippen molar-refractivity contribution in [1.29, 1.82) is 0 Å². The van der Waals surface area contributed by atoms with Crippen molar-refractivity contribution in [2.75, 3.05) is 18.9 Å². The monoisotopic (exact) mass is 252 g/mol. The van der Waals surface area contributed by atoms with Gasteiger partial charge < -0.3 is 16.2 Å². The zero-order chi connectivity index (χ0) is 13.1. The van der Waals surface area contributed by atoms with Crippen LogP contribution in [0, 0.1) is 0 Å². The fraction of sp³-hybridized carbons (Fsp3) is 0.500. The standard InChI is InChI=1S/C8H11F3N4O2/c9-8(10,11)4-15-6(5(12)3-14-15)7(17)13-1-2-16/h3,16H,1-2,4,12H2,(H,13,17). The number of aliphatic hydroxyl groups is 1. The molecule has 4 N–H and O–H groups in total. The molecule has 96 valence electrons. The molecule has 1 rings (SSSR count). The number of nitrogens with zero attached hydrogens (tertiary/aromatic N) is 2. The van der Waals surface area contributed by atoms with Gasteiger partial charge in [0, 0.05) is 6.54 Å². The van der Waals surface area contributed by atoms with Crippen molar-refractivity contribution in [3.63, 3.8) is 0 Å². The molecule has 1 heterocycles. The average molecular weight is 252 g/mol. The molecular weight excluding hydrogens is 241 g/mol. The summed E-state index contributed by atoms with van der Waals surface area (Å²) in [6, 6.07) is 0. The molecule has 0 aliphatic heterocycles. The SMILES string of the molecule is Nc1cnn(CC(F)(F)F)c1C(=O)NCCO. The highest BCUT2D eigenvalue weighted by molar-refractivity contribution is 5.97. The first kappa shape index (κ1) is 13.3. The van der Waals surface area contributed by atoms with Gasteiger partial charge in [-0.05, 0) is 0 Å². The predicted molar refractivity (Wildman–Crippen MR) is 52.1 cm³/mol. The van der Waals surface area contributed by atoms with Crippen LogP contribution in [0.1, 0.15) is 10.5 Å². The fourth-order valence-corrected chi connectivity index (χ4v) is 1.19. The number of aliphatic hydroxyl groups excluding tert-OH is 1. The van der Waals surface area contributed by atoms with Crippen LogP contribution in [0.4, 0.5) is 18.9 Å². The number of hydrogen-bond acceptors (Lipinski definition) is 4. The van der Waals surface area contributed by atoms with Gasteiger partial charge >= 0.3 is 6.18 Å². The van der Waals surface area contributed by atoms with E-state index in [-0.39, 0.29) is 24.5 Å². The zero-order valence-corrected chi connectivity index (χ0v) is 8.66. The quantitative estimate of drug-likeness (QED) is 0.688. The molecule has 0 atom stereocenters. The van der Waals surface area contributed by atoms with E-state index in [9.17, 15) is 18.0 Å². The Hall–Kier alpha value is -1.77. The topological polar surface area (TPSA) is 93.2 Å². The second kappa shape index (κ2) is 5.04. The predicted octanol–water partition coefficient (Wildman–Crippen LogP) is -0.250. The first-order chi connectivity index (χ1) is 7.85. The van der Waals surface area contributed by atoms with E-state index in [4.69, 9.17) is 10.8 Å². The number of carbonyl (C=O) groups excluding carboxylic acids is 1. The van der Waals surface area contributed by atoms with Crippen molar-refractivity contribution < 1.29 is 23.1 Å². The second-order valence-corrected chi connectivity index (χ2v) is 3.20. The maximum atomic E-state index is 12.2. The molecule has 0 saturated heterocycles. The van der Waals surface area contributed by atoms with Gasteiger partial charge in [-0.15, -0.1) is 0 Å². The Balaban J connectivity index is 2.90. The number of nitrogens with two attached hydrogens (primary N) is 1. The highest BCUT2D eigenvalue weighted by atomic mass is 19.4. The third-order valence-corrected chi connectivity index (χ3v) is 1.81. The van der Waals surface area contributed by atoms with E-state index >= 15 is 0 Å². The van der Waals surface area contributed by atoms with Gasteiger partial charge in [0.25, 0.3) is 5.91 Å². The Morgan fingerprint density at radius 1 is 1.59 bits per heavy atom. The van der Waals surface area contributed by atoms with Crippen molar-refractivity contribution in [2.45, 2.75) is 12.7 Å². The highest BCUT2D eigenvalue weighted by Crippen LogP contribution is 2.20. The third-order valence-electron chi connectivity index (χ3n) is 1.81. The van der Waals surface area contributed by atoms with Crippen LogP contribution >= 0.6 is 0 Å². The number of carbonyl (C=O) groups is 1. The van der Waals surface area contributed by atoms with Crippen molar-refractivity contribution in [2.24, 2.45) is 0 Å². The number of amides is 1. The van der Waals surface area contributed by atoms with Gasteiger partial charge in [0.05, 0.1) is 18.5 Å². The van der Waals surface area contributed by atoms with Crippen LogP contribution in [0.2, 0.25) is 0 Å². The molecule has 9 heteroatoms. The molecule has 1 aromatic heterocycles. The lowest BCUT2D eigenvalue weighted by molar-refractivity contribution is -0.142. The Morgan fingerprint density at radius 3 is 2.76 bits per heavy atom. The largest absolute Gasteiger partial charge is 0.408 e. The number of hydrogen-bond donors (Lipinski definition) is 3. The summed E-state index contributed by atoms with van der Waals surface area (Å²) in [6.07, 6.45) is -3.52. The van der Waals surface area contributed by atoms with Gasteiger partial charge in [-0.25, -0.2) is 4.68 Å². The molecule has 0 saturated carbocycles. The van der Waals surface area contributed by atoms with Crippen LogP contribution in [0.15, 0.2) is 6.20 Å². The van der Waals surface area contributed by atoms with E-state index < -0.39 is 18.6 Å². The maximum Gasteiger partial charge on any atom is 0.408 e. The molecule has 0 fully saturated rings.